The Kier molecular flexibility index (Phi) is 3.02. The molecule has 1 aliphatic rings. The predicted molar refractivity (Wildman–Crippen MR) is 54.6 cm³/mol. The van der Waals surface area contributed by atoms with Crippen LogP contribution in [0.1, 0.15) is 5.56 Å². The summed E-state index contributed by atoms with van der Waals surface area (Å²) in [4.78, 5) is 4.04. The zero-order valence-corrected chi connectivity index (χ0v) is 9.21. The van der Waals surface area contributed by atoms with Gasteiger partial charge in [-0.05, 0) is 5.56 Å². The predicted octanol–water partition coefficient (Wildman–Crippen LogP) is 2.45. The Hall–Kier alpha value is -1.67. The molecule has 19 heavy (non-hydrogen) atoms. The molecule has 2 N–H and O–H groups in total. The van der Waals surface area contributed by atoms with Crippen LogP contribution in [-0.2, 0) is 4.84 Å². The molecule has 0 aliphatic carbocycles. The highest BCUT2D eigenvalue weighted by Crippen LogP contribution is 2.46. The third-order valence-corrected chi connectivity index (χ3v) is 2.55. The van der Waals surface area contributed by atoms with E-state index in [-0.39, 0.29) is 5.70 Å². The second kappa shape index (κ2) is 4.17. The van der Waals surface area contributed by atoms with Gasteiger partial charge in [0, 0.05) is 6.08 Å². The molecule has 0 aromatic heterocycles. The number of hydroxylamine groups is 1. The van der Waals surface area contributed by atoms with Gasteiger partial charge in [-0.25, -0.2) is 4.84 Å². The summed E-state index contributed by atoms with van der Waals surface area (Å²) in [5.41, 5.74) is 2.00. The fraction of sp³-hybridized carbons (Fsp3) is 0.273. The monoisotopic (exact) mass is 281 g/mol. The first-order valence-corrected chi connectivity index (χ1v) is 5.06. The van der Waals surface area contributed by atoms with Crippen molar-refractivity contribution in [2.45, 2.75) is 17.9 Å². The molecule has 0 radical (unpaired) electrons. The largest absolute Gasteiger partial charge is 0.459 e. The van der Waals surface area contributed by atoms with E-state index in [0.29, 0.717) is 11.6 Å². The van der Waals surface area contributed by atoms with Crippen molar-refractivity contribution in [3.05, 3.63) is 42.0 Å². The van der Waals surface area contributed by atoms with E-state index < -0.39 is 17.9 Å². The van der Waals surface area contributed by atoms with Crippen LogP contribution in [0.15, 0.2) is 36.4 Å². The van der Waals surface area contributed by atoms with Gasteiger partial charge in [-0.1, -0.05) is 30.3 Å². The second-order valence-electron chi connectivity index (χ2n) is 3.90. The summed E-state index contributed by atoms with van der Waals surface area (Å²) in [7, 11) is 0. The van der Waals surface area contributed by atoms with E-state index in [2.05, 4.69) is 4.84 Å². The Labute approximate surface area is 104 Å². The molecule has 8 heteroatoms. The highest BCUT2D eigenvalue weighted by Gasteiger charge is 2.72. The van der Waals surface area contributed by atoms with Gasteiger partial charge in [-0.2, -0.15) is 22.0 Å². The van der Waals surface area contributed by atoms with Crippen molar-refractivity contribution in [1.29, 1.82) is 0 Å². The zero-order valence-electron chi connectivity index (χ0n) is 9.21. The Bertz CT molecular complexity index is 500. The first kappa shape index (κ1) is 13.8. The lowest BCUT2D eigenvalue weighted by Gasteiger charge is -2.29. The fourth-order valence-electron chi connectivity index (χ4n) is 1.51. The van der Waals surface area contributed by atoms with Gasteiger partial charge in [0.1, 0.15) is 0 Å². The molecular formula is C11H8F5NO2. The van der Waals surface area contributed by atoms with Gasteiger partial charge in [-0.3, -0.25) is 5.48 Å². The molecule has 104 valence electrons. The van der Waals surface area contributed by atoms with Crippen molar-refractivity contribution in [2.75, 3.05) is 0 Å². The topological polar surface area (TPSA) is 41.5 Å². The summed E-state index contributed by atoms with van der Waals surface area (Å²) in [5.74, 6) is -9.22. The molecule has 3 nitrogen and oxygen atoms in total. The third kappa shape index (κ3) is 2.17. The van der Waals surface area contributed by atoms with Crippen LogP contribution >= 0.6 is 0 Å². The summed E-state index contributed by atoms with van der Waals surface area (Å²) in [6.07, 6.45) is -5.64. The summed E-state index contributed by atoms with van der Waals surface area (Å²) in [6, 6.07) is 7.66. The van der Waals surface area contributed by atoms with Gasteiger partial charge in [0.25, 0.3) is 5.79 Å². The first-order chi connectivity index (χ1) is 8.67. The number of benzene rings is 1. The van der Waals surface area contributed by atoms with Gasteiger partial charge in [0.2, 0.25) is 0 Å². The molecule has 0 saturated heterocycles. The Balaban J connectivity index is 2.37. The van der Waals surface area contributed by atoms with Gasteiger partial charge in [-0.15, -0.1) is 0 Å². The molecule has 0 amide bonds. The van der Waals surface area contributed by atoms with Crippen molar-refractivity contribution in [3.8, 4) is 0 Å². The lowest BCUT2D eigenvalue weighted by Crippen LogP contribution is -2.57. The number of hydrogen-bond donors (Lipinski definition) is 2. The minimum atomic E-state index is -5.94. The van der Waals surface area contributed by atoms with Crippen LogP contribution in [0.5, 0.6) is 0 Å². The van der Waals surface area contributed by atoms with Crippen LogP contribution in [0.4, 0.5) is 22.0 Å². The highest BCUT2D eigenvalue weighted by molar-refractivity contribution is 5.65. The lowest BCUT2D eigenvalue weighted by atomic mass is 10.1. The van der Waals surface area contributed by atoms with E-state index in [1.165, 1.54) is 12.1 Å². The van der Waals surface area contributed by atoms with E-state index in [1.807, 2.05) is 5.48 Å². The molecule has 0 saturated carbocycles. The van der Waals surface area contributed by atoms with Crippen LogP contribution in [0, 0.1) is 0 Å². The number of rotatable bonds is 2. The van der Waals surface area contributed by atoms with Crippen molar-refractivity contribution in [1.82, 2.24) is 5.48 Å². The number of aliphatic hydroxyl groups is 1. The fourth-order valence-corrected chi connectivity index (χ4v) is 1.51. The molecule has 1 heterocycles. The maximum Gasteiger partial charge on any atom is 0.459 e. The van der Waals surface area contributed by atoms with E-state index in [0.717, 1.165) is 0 Å². The van der Waals surface area contributed by atoms with Gasteiger partial charge >= 0.3 is 12.1 Å². The number of hydrogen-bond acceptors (Lipinski definition) is 3. The summed E-state index contributed by atoms with van der Waals surface area (Å²) < 4.78 is 62.9. The molecule has 2 rings (SSSR count). The second-order valence-corrected chi connectivity index (χ2v) is 3.90. The minimum Gasteiger partial charge on any atom is -0.356 e. The Morgan fingerprint density at radius 3 is 2.16 bits per heavy atom. The smallest absolute Gasteiger partial charge is 0.356 e. The van der Waals surface area contributed by atoms with Crippen LogP contribution in [-0.4, -0.2) is 23.0 Å². The SMILES string of the molecule is OC1(C(F)(F)C(F)(F)F)C=C(c2ccccc2)NO1. The van der Waals surface area contributed by atoms with E-state index >= 15 is 0 Å². The van der Waals surface area contributed by atoms with Crippen molar-refractivity contribution in [2.24, 2.45) is 0 Å². The van der Waals surface area contributed by atoms with Gasteiger partial charge in [0.15, 0.2) is 0 Å². The van der Waals surface area contributed by atoms with E-state index in [9.17, 15) is 27.1 Å². The van der Waals surface area contributed by atoms with E-state index in [4.69, 9.17) is 0 Å². The van der Waals surface area contributed by atoms with Crippen molar-refractivity contribution < 1.29 is 31.9 Å². The van der Waals surface area contributed by atoms with Gasteiger partial charge < -0.3 is 5.11 Å². The van der Waals surface area contributed by atoms with Crippen LogP contribution in [0.2, 0.25) is 0 Å². The van der Waals surface area contributed by atoms with Crippen LogP contribution in [0.25, 0.3) is 5.70 Å². The van der Waals surface area contributed by atoms with Crippen LogP contribution < -0.4 is 5.48 Å². The zero-order chi connectivity index (χ0) is 14.3. The maximum absolute atomic E-state index is 13.1. The Morgan fingerprint density at radius 2 is 1.63 bits per heavy atom. The normalized spacial score (nSPS) is 24.0. The summed E-state index contributed by atoms with van der Waals surface area (Å²) in [5, 5.41) is 9.36. The number of nitrogens with one attached hydrogen (secondary N) is 1. The molecule has 0 fully saturated rings. The quantitative estimate of drug-likeness (QED) is 0.818. The first-order valence-electron chi connectivity index (χ1n) is 5.06. The molecule has 1 atom stereocenters. The van der Waals surface area contributed by atoms with Gasteiger partial charge in [0.05, 0.1) is 5.70 Å². The highest BCUT2D eigenvalue weighted by atomic mass is 19.4. The minimum absolute atomic E-state index is 0.174. The lowest BCUT2D eigenvalue weighted by molar-refractivity contribution is -0.390. The number of halogens is 5. The molecule has 0 spiro atoms. The molecule has 1 aliphatic heterocycles. The molecule has 1 unspecified atom stereocenters. The third-order valence-electron chi connectivity index (χ3n) is 2.55. The van der Waals surface area contributed by atoms with Crippen LogP contribution in [0.3, 0.4) is 0 Å². The van der Waals surface area contributed by atoms with Crippen molar-refractivity contribution in [3.63, 3.8) is 0 Å². The number of alkyl halides is 5. The molecule has 1 aromatic carbocycles. The molecular weight excluding hydrogens is 273 g/mol. The van der Waals surface area contributed by atoms with E-state index in [1.54, 1.807) is 18.2 Å². The average molecular weight is 281 g/mol. The van der Waals surface area contributed by atoms with Crippen molar-refractivity contribution >= 4 is 5.70 Å². The summed E-state index contributed by atoms with van der Waals surface area (Å²) >= 11 is 0. The molecule has 1 aromatic rings. The average Bonchev–Trinajstić information content (AvgIpc) is 2.73. The standard InChI is InChI=1S/C11H8F5NO2/c12-10(13,11(14,15)16)9(18)6-8(17-19-9)7-4-2-1-3-5-7/h1-6,17-18H. The summed E-state index contributed by atoms with van der Waals surface area (Å²) in [6.45, 7) is 0. The molecule has 0 bridgehead atoms. The Morgan fingerprint density at radius 1 is 1.05 bits per heavy atom. The maximum atomic E-state index is 13.1.